The summed E-state index contributed by atoms with van der Waals surface area (Å²) in [6.07, 6.45) is -1.73. The topological polar surface area (TPSA) is 58.6 Å². The first-order valence-corrected chi connectivity index (χ1v) is 10.3. The number of benzene rings is 2. The first kappa shape index (κ1) is 20.3. The van der Waals surface area contributed by atoms with Crippen LogP contribution in [0.15, 0.2) is 47.4 Å². The van der Waals surface area contributed by atoms with Gasteiger partial charge in [0.25, 0.3) is 10.0 Å². The molecule has 0 radical (unpaired) electrons. The van der Waals surface area contributed by atoms with Crippen LogP contribution in [0.5, 0.6) is 5.75 Å². The van der Waals surface area contributed by atoms with Gasteiger partial charge < -0.3 is 9.64 Å². The van der Waals surface area contributed by atoms with Crippen LogP contribution in [0.2, 0.25) is 0 Å². The molecule has 1 heterocycles. The summed E-state index contributed by atoms with van der Waals surface area (Å²) >= 11 is 0. The molecule has 1 aliphatic heterocycles. The van der Waals surface area contributed by atoms with Crippen LogP contribution in [0.4, 0.5) is 24.5 Å². The van der Waals surface area contributed by atoms with Crippen molar-refractivity contribution in [3.63, 3.8) is 0 Å². The van der Waals surface area contributed by atoms with Crippen LogP contribution in [0.3, 0.4) is 0 Å². The minimum absolute atomic E-state index is 0.0948. The molecule has 0 saturated carbocycles. The van der Waals surface area contributed by atoms with Crippen molar-refractivity contribution in [3.8, 4) is 5.75 Å². The van der Waals surface area contributed by atoms with E-state index in [1.807, 2.05) is 4.90 Å². The van der Waals surface area contributed by atoms with E-state index in [9.17, 15) is 21.6 Å². The number of nitrogens with one attached hydrogen (secondary N) is 1. The lowest BCUT2D eigenvalue weighted by atomic mass is 10.1. The van der Waals surface area contributed by atoms with Crippen LogP contribution in [0, 0.1) is 0 Å². The van der Waals surface area contributed by atoms with E-state index in [1.165, 1.54) is 31.4 Å². The number of sulfonamides is 1. The Balaban J connectivity index is 2.05. The van der Waals surface area contributed by atoms with E-state index >= 15 is 0 Å². The van der Waals surface area contributed by atoms with Crippen molar-refractivity contribution in [2.24, 2.45) is 0 Å². The molecule has 2 aromatic rings. The summed E-state index contributed by atoms with van der Waals surface area (Å²) in [5, 5.41) is 0. The third-order valence-corrected chi connectivity index (χ3v) is 6.03. The maximum Gasteiger partial charge on any atom is 0.416 e. The van der Waals surface area contributed by atoms with E-state index in [0.717, 1.165) is 31.4 Å². The zero-order valence-electron chi connectivity index (χ0n) is 15.3. The SMILES string of the molecule is COc1ccccc1S(=O)(=O)Nc1cc(C(F)(F)F)ccc1N1CCCCC1. The summed E-state index contributed by atoms with van der Waals surface area (Å²) in [5.41, 5.74) is -0.570. The minimum Gasteiger partial charge on any atom is -0.495 e. The molecule has 5 nitrogen and oxygen atoms in total. The molecule has 0 bridgehead atoms. The molecular formula is C19H21F3N2O3S. The zero-order chi connectivity index (χ0) is 20.4. The van der Waals surface area contributed by atoms with Crippen LogP contribution in [0.1, 0.15) is 24.8 Å². The minimum atomic E-state index is -4.58. The van der Waals surface area contributed by atoms with Gasteiger partial charge in [0.15, 0.2) is 0 Å². The number of hydrogen-bond donors (Lipinski definition) is 1. The van der Waals surface area contributed by atoms with Gasteiger partial charge in [0.05, 0.1) is 24.0 Å². The molecule has 2 aromatic carbocycles. The fraction of sp³-hybridized carbons (Fsp3) is 0.368. The fourth-order valence-electron chi connectivity index (χ4n) is 3.25. The maximum atomic E-state index is 13.2. The standard InChI is InChI=1S/C19H21F3N2O3S/c1-27-17-7-3-4-8-18(17)28(25,26)23-15-13-14(19(20,21)22)9-10-16(15)24-11-5-2-6-12-24/h3-4,7-10,13,23H,2,5-6,11-12H2,1H3. The maximum absolute atomic E-state index is 13.2. The molecule has 1 aliphatic rings. The number of halogens is 3. The second-order valence-electron chi connectivity index (χ2n) is 6.53. The molecule has 1 saturated heterocycles. The number of methoxy groups -OCH3 is 1. The average molecular weight is 414 g/mol. The number of nitrogens with zero attached hydrogens (tertiary/aromatic N) is 1. The molecular weight excluding hydrogens is 393 g/mol. The van der Waals surface area contributed by atoms with Crippen LogP contribution in [-0.4, -0.2) is 28.6 Å². The number of para-hydroxylation sites is 1. The molecule has 0 aromatic heterocycles. The van der Waals surface area contributed by atoms with E-state index in [0.29, 0.717) is 18.8 Å². The monoisotopic (exact) mass is 414 g/mol. The number of ether oxygens (including phenoxy) is 1. The molecule has 1 N–H and O–H groups in total. The molecule has 0 aliphatic carbocycles. The third-order valence-electron chi connectivity index (χ3n) is 4.62. The second kappa shape index (κ2) is 7.90. The van der Waals surface area contributed by atoms with Gasteiger partial charge in [-0.25, -0.2) is 8.42 Å². The van der Waals surface area contributed by atoms with Crippen molar-refractivity contribution < 1.29 is 26.3 Å². The van der Waals surface area contributed by atoms with Crippen LogP contribution < -0.4 is 14.4 Å². The Morgan fingerprint density at radius 1 is 1.04 bits per heavy atom. The van der Waals surface area contributed by atoms with Gasteiger partial charge in [-0.05, 0) is 49.6 Å². The molecule has 9 heteroatoms. The van der Waals surface area contributed by atoms with Gasteiger partial charge in [-0.2, -0.15) is 13.2 Å². The van der Waals surface area contributed by atoms with Crippen LogP contribution in [-0.2, 0) is 16.2 Å². The lowest BCUT2D eigenvalue weighted by Gasteiger charge is -2.31. The van der Waals surface area contributed by atoms with Crippen molar-refractivity contribution in [3.05, 3.63) is 48.0 Å². The van der Waals surface area contributed by atoms with Crippen molar-refractivity contribution in [2.45, 2.75) is 30.3 Å². The Morgan fingerprint density at radius 2 is 1.71 bits per heavy atom. The van der Waals surface area contributed by atoms with Crippen molar-refractivity contribution >= 4 is 21.4 Å². The molecule has 0 unspecified atom stereocenters. The number of hydrogen-bond acceptors (Lipinski definition) is 4. The van der Waals surface area contributed by atoms with Gasteiger partial charge in [-0.1, -0.05) is 12.1 Å². The summed E-state index contributed by atoms with van der Waals surface area (Å²) in [6, 6.07) is 9.10. The predicted octanol–water partition coefficient (Wildman–Crippen LogP) is 4.51. The lowest BCUT2D eigenvalue weighted by molar-refractivity contribution is -0.137. The first-order valence-electron chi connectivity index (χ1n) is 8.84. The normalized spacial score (nSPS) is 15.4. The summed E-state index contributed by atoms with van der Waals surface area (Å²) in [4.78, 5) is 1.77. The highest BCUT2D eigenvalue weighted by Gasteiger charge is 2.32. The molecule has 0 atom stereocenters. The molecule has 3 rings (SSSR count). The van der Waals surface area contributed by atoms with Gasteiger partial charge in [-0.15, -0.1) is 0 Å². The van der Waals surface area contributed by atoms with Crippen LogP contribution >= 0.6 is 0 Å². The highest BCUT2D eigenvalue weighted by molar-refractivity contribution is 7.92. The summed E-state index contributed by atoms with van der Waals surface area (Å²) in [6.45, 7) is 1.32. The highest BCUT2D eigenvalue weighted by atomic mass is 32.2. The van der Waals surface area contributed by atoms with E-state index in [-0.39, 0.29) is 16.3 Å². The Hall–Kier alpha value is -2.42. The second-order valence-corrected chi connectivity index (χ2v) is 8.18. The number of piperidine rings is 1. The summed E-state index contributed by atoms with van der Waals surface area (Å²) in [5.74, 6) is 0.112. The summed E-state index contributed by atoms with van der Waals surface area (Å²) in [7, 11) is -2.82. The zero-order valence-corrected chi connectivity index (χ0v) is 16.1. The molecule has 28 heavy (non-hydrogen) atoms. The lowest BCUT2D eigenvalue weighted by Crippen LogP contribution is -2.30. The Morgan fingerprint density at radius 3 is 2.36 bits per heavy atom. The largest absolute Gasteiger partial charge is 0.495 e. The Labute approximate surface area is 162 Å². The van der Waals surface area contributed by atoms with Crippen molar-refractivity contribution in [1.29, 1.82) is 0 Å². The molecule has 152 valence electrons. The quantitative estimate of drug-likeness (QED) is 0.782. The Kier molecular flexibility index (Phi) is 5.74. The average Bonchev–Trinajstić information content (AvgIpc) is 2.67. The van der Waals surface area contributed by atoms with Crippen LogP contribution in [0.25, 0.3) is 0 Å². The number of anilines is 2. The van der Waals surface area contributed by atoms with Gasteiger partial charge in [0.2, 0.25) is 0 Å². The highest BCUT2D eigenvalue weighted by Crippen LogP contribution is 2.37. The predicted molar refractivity (Wildman–Crippen MR) is 101 cm³/mol. The van der Waals surface area contributed by atoms with E-state index in [2.05, 4.69) is 4.72 Å². The van der Waals surface area contributed by atoms with E-state index in [1.54, 1.807) is 6.07 Å². The van der Waals surface area contributed by atoms with E-state index in [4.69, 9.17) is 4.74 Å². The molecule has 1 fully saturated rings. The third kappa shape index (κ3) is 4.35. The number of alkyl halides is 3. The fourth-order valence-corrected chi connectivity index (χ4v) is 4.48. The molecule has 0 amide bonds. The van der Waals surface area contributed by atoms with Crippen molar-refractivity contribution in [2.75, 3.05) is 29.8 Å². The molecule has 0 spiro atoms. The van der Waals surface area contributed by atoms with Gasteiger partial charge in [-0.3, -0.25) is 4.72 Å². The van der Waals surface area contributed by atoms with Gasteiger partial charge in [0, 0.05) is 13.1 Å². The number of rotatable bonds is 5. The first-order chi connectivity index (χ1) is 13.2. The smallest absolute Gasteiger partial charge is 0.416 e. The van der Waals surface area contributed by atoms with Crippen molar-refractivity contribution in [1.82, 2.24) is 0 Å². The summed E-state index contributed by atoms with van der Waals surface area (Å²) < 4.78 is 72.8. The van der Waals surface area contributed by atoms with E-state index < -0.39 is 21.8 Å². The van der Waals surface area contributed by atoms with Gasteiger partial charge >= 0.3 is 6.18 Å². The van der Waals surface area contributed by atoms with Gasteiger partial charge in [0.1, 0.15) is 10.6 Å². The Bertz CT molecular complexity index is 940.